The quantitative estimate of drug-likeness (QED) is 0.520. The summed E-state index contributed by atoms with van der Waals surface area (Å²) in [6.45, 7) is 9.17. The van der Waals surface area contributed by atoms with E-state index in [0.717, 1.165) is 0 Å². The second-order valence-corrected chi connectivity index (χ2v) is 11.4. The molecule has 2 fully saturated rings. The lowest BCUT2D eigenvalue weighted by Crippen LogP contribution is -2.55. The van der Waals surface area contributed by atoms with Crippen LogP contribution in [-0.2, 0) is 14.8 Å². The molecule has 2 unspecified atom stereocenters. The Bertz CT molecular complexity index is 1010. The highest BCUT2D eigenvalue weighted by molar-refractivity contribution is 7.89. The van der Waals surface area contributed by atoms with Crippen molar-refractivity contribution >= 4 is 21.8 Å². The molecule has 194 valence electrons. The third kappa shape index (κ3) is 6.86. The fourth-order valence-corrected chi connectivity index (χ4v) is 6.31. The molecule has 0 aromatic heterocycles. The predicted molar refractivity (Wildman–Crippen MR) is 129 cm³/mol. The van der Waals surface area contributed by atoms with Gasteiger partial charge >= 0.3 is 0 Å². The van der Waals surface area contributed by atoms with Crippen LogP contribution in [0.5, 0.6) is 0 Å². The summed E-state index contributed by atoms with van der Waals surface area (Å²) < 4.78 is 54.3. The minimum absolute atomic E-state index is 0.0893. The van der Waals surface area contributed by atoms with Crippen LogP contribution in [-0.4, -0.2) is 80.7 Å². The zero-order valence-corrected chi connectivity index (χ0v) is 21.0. The Morgan fingerprint density at radius 3 is 2.23 bits per heavy atom. The summed E-state index contributed by atoms with van der Waals surface area (Å²) in [5.41, 5.74) is 0.321. The highest BCUT2D eigenvalue weighted by Crippen LogP contribution is 2.28. The van der Waals surface area contributed by atoms with Gasteiger partial charge in [-0.25, -0.2) is 17.2 Å². The molecular weight excluding hydrogens is 478 g/mol. The molecule has 0 saturated carbocycles. The van der Waals surface area contributed by atoms with E-state index in [2.05, 4.69) is 17.2 Å². The fraction of sp³-hybridized carbons (Fsp3) is 0.583. The number of piperidine rings is 2. The maximum atomic E-state index is 13.2. The van der Waals surface area contributed by atoms with Crippen LogP contribution in [0.25, 0.3) is 0 Å². The molecule has 8 nitrogen and oxygen atoms in total. The fourth-order valence-electron chi connectivity index (χ4n) is 4.67. The summed E-state index contributed by atoms with van der Waals surface area (Å²) in [6, 6.07) is 5.61. The first-order valence-corrected chi connectivity index (χ1v) is 13.3. The van der Waals surface area contributed by atoms with E-state index in [1.54, 1.807) is 0 Å². The monoisotopic (exact) mass is 512 g/mol. The highest BCUT2D eigenvalue weighted by atomic mass is 32.2. The van der Waals surface area contributed by atoms with Crippen LogP contribution in [0.2, 0.25) is 0 Å². The van der Waals surface area contributed by atoms with Gasteiger partial charge in [-0.1, -0.05) is 20.4 Å². The van der Waals surface area contributed by atoms with Crippen LogP contribution in [0, 0.1) is 11.8 Å². The van der Waals surface area contributed by atoms with Crippen molar-refractivity contribution in [2.45, 2.75) is 43.5 Å². The molecule has 1 aromatic carbocycles. The van der Waals surface area contributed by atoms with E-state index in [9.17, 15) is 26.8 Å². The van der Waals surface area contributed by atoms with E-state index in [1.165, 1.54) is 34.6 Å². The van der Waals surface area contributed by atoms with E-state index in [-0.39, 0.29) is 60.5 Å². The van der Waals surface area contributed by atoms with Gasteiger partial charge in [-0.15, -0.1) is 0 Å². The standard InChI is InChI=1S/C24H34F2N4O4S/c1-4-21(31)28-22-17(2)15-30(16-18(22)3)35(33,34)20-7-5-19(6-8-20)23(32)27-11-14-29-12-9-24(25,26)10-13-29/h4-8,17-18,22H,1,9-16H2,2-3H3,(H,27,32)(H,28,31). The normalized spacial score (nSPS) is 25.5. The van der Waals surface area contributed by atoms with Crippen molar-refractivity contribution in [1.29, 1.82) is 0 Å². The van der Waals surface area contributed by atoms with Gasteiger partial charge in [0.15, 0.2) is 0 Å². The molecule has 1 aromatic rings. The minimum Gasteiger partial charge on any atom is -0.351 e. The molecular formula is C24H34F2N4O4S. The largest absolute Gasteiger partial charge is 0.351 e. The molecule has 0 radical (unpaired) electrons. The molecule has 2 atom stereocenters. The molecule has 2 N–H and O–H groups in total. The van der Waals surface area contributed by atoms with Gasteiger partial charge in [-0.2, -0.15) is 4.31 Å². The van der Waals surface area contributed by atoms with Crippen molar-refractivity contribution in [2.75, 3.05) is 39.3 Å². The molecule has 2 aliphatic rings. The number of hydrogen-bond donors (Lipinski definition) is 2. The van der Waals surface area contributed by atoms with Crippen molar-refractivity contribution in [1.82, 2.24) is 19.8 Å². The van der Waals surface area contributed by atoms with Gasteiger partial charge in [-0.3, -0.25) is 9.59 Å². The van der Waals surface area contributed by atoms with Crippen LogP contribution < -0.4 is 10.6 Å². The van der Waals surface area contributed by atoms with E-state index in [1.807, 2.05) is 18.7 Å². The second-order valence-electron chi connectivity index (χ2n) is 9.49. The van der Waals surface area contributed by atoms with Crippen LogP contribution in [0.15, 0.2) is 41.8 Å². The van der Waals surface area contributed by atoms with Gasteiger partial charge in [0.05, 0.1) is 4.90 Å². The number of nitrogens with zero attached hydrogens (tertiary/aromatic N) is 2. The highest BCUT2D eigenvalue weighted by Gasteiger charge is 2.38. The zero-order valence-electron chi connectivity index (χ0n) is 20.2. The van der Waals surface area contributed by atoms with Crippen molar-refractivity contribution in [3.8, 4) is 0 Å². The van der Waals surface area contributed by atoms with Crippen molar-refractivity contribution in [3.63, 3.8) is 0 Å². The molecule has 2 heterocycles. The van der Waals surface area contributed by atoms with Gasteiger partial charge in [0.2, 0.25) is 15.9 Å². The van der Waals surface area contributed by atoms with Crippen molar-refractivity contribution < 1.29 is 26.8 Å². The van der Waals surface area contributed by atoms with Gasteiger partial charge in [0.25, 0.3) is 11.8 Å². The number of alkyl halides is 2. The molecule has 35 heavy (non-hydrogen) atoms. The zero-order chi connectivity index (χ0) is 25.8. The molecule has 0 aliphatic carbocycles. The molecule has 2 aliphatic heterocycles. The van der Waals surface area contributed by atoms with Gasteiger partial charge in [-0.05, 0) is 42.2 Å². The maximum absolute atomic E-state index is 13.2. The number of likely N-dealkylation sites (tertiary alicyclic amines) is 1. The average Bonchev–Trinajstić information content (AvgIpc) is 2.82. The van der Waals surface area contributed by atoms with Gasteiger partial charge in [0.1, 0.15) is 0 Å². The lowest BCUT2D eigenvalue weighted by molar-refractivity contribution is -0.118. The number of rotatable bonds is 8. The summed E-state index contributed by atoms with van der Waals surface area (Å²) >= 11 is 0. The van der Waals surface area contributed by atoms with Crippen LogP contribution in [0.4, 0.5) is 8.78 Å². The van der Waals surface area contributed by atoms with E-state index in [0.29, 0.717) is 31.7 Å². The molecule has 0 spiro atoms. The summed E-state index contributed by atoms with van der Waals surface area (Å²) in [6.07, 6.45) is 0.861. The third-order valence-electron chi connectivity index (χ3n) is 6.76. The maximum Gasteiger partial charge on any atom is 0.251 e. The van der Waals surface area contributed by atoms with E-state index >= 15 is 0 Å². The van der Waals surface area contributed by atoms with Crippen LogP contribution in [0.1, 0.15) is 37.0 Å². The number of benzene rings is 1. The number of carbonyl (C=O) groups is 2. The number of nitrogens with one attached hydrogen (secondary N) is 2. The summed E-state index contributed by atoms with van der Waals surface area (Å²) in [7, 11) is -3.77. The lowest BCUT2D eigenvalue weighted by Gasteiger charge is -2.40. The summed E-state index contributed by atoms with van der Waals surface area (Å²) in [4.78, 5) is 26.1. The third-order valence-corrected chi connectivity index (χ3v) is 8.60. The second kappa shape index (κ2) is 11.1. The predicted octanol–water partition coefficient (Wildman–Crippen LogP) is 2.09. The molecule has 2 saturated heterocycles. The number of halogens is 2. The number of carbonyl (C=O) groups excluding carboxylic acids is 2. The Morgan fingerprint density at radius 2 is 1.69 bits per heavy atom. The smallest absolute Gasteiger partial charge is 0.251 e. The topological polar surface area (TPSA) is 98.8 Å². The van der Waals surface area contributed by atoms with E-state index in [4.69, 9.17) is 0 Å². The summed E-state index contributed by atoms with van der Waals surface area (Å²) in [5, 5.41) is 5.64. The number of hydrogen-bond acceptors (Lipinski definition) is 5. The van der Waals surface area contributed by atoms with Gasteiger partial charge < -0.3 is 15.5 Å². The number of sulfonamides is 1. The van der Waals surface area contributed by atoms with E-state index < -0.39 is 15.9 Å². The molecule has 2 amide bonds. The van der Waals surface area contributed by atoms with Crippen molar-refractivity contribution in [2.24, 2.45) is 11.8 Å². The van der Waals surface area contributed by atoms with Gasteiger partial charge in [0, 0.05) is 63.7 Å². The lowest BCUT2D eigenvalue weighted by atomic mass is 9.87. The summed E-state index contributed by atoms with van der Waals surface area (Å²) in [5.74, 6) is -3.41. The Morgan fingerprint density at radius 1 is 1.11 bits per heavy atom. The van der Waals surface area contributed by atoms with Crippen LogP contribution >= 0.6 is 0 Å². The van der Waals surface area contributed by atoms with Crippen molar-refractivity contribution in [3.05, 3.63) is 42.5 Å². The minimum atomic E-state index is -3.77. The molecule has 0 bridgehead atoms. The first kappa shape index (κ1) is 27.2. The van der Waals surface area contributed by atoms with Crippen LogP contribution in [0.3, 0.4) is 0 Å². The first-order valence-electron chi connectivity index (χ1n) is 11.8. The average molecular weight is 513 g/mol. The number of amides is 2. The Kier molecular flexibility index (Phi) is 8.66. The SMILES string of the molecule is C=CC(=O)NC1C(C)CN(S(=O)(=O)c2ccc(C(=O)NCCN3CCC(F)(F)CC3)cc2)CC1C. The molecule has 3 rings (SSSR count). The Hall–Kier alpha value is -2.37. The Balaban J connectivity index is 1.55. The Labute approximate surface area is 205 Å². The first-order chi connectivity index (χ1) is 16.4. The molecule has 11 heteroatoms.